The topological polar surface area (TPSA) is 89.3 Å². The Bertz CT molecular complexity index is 743. The van der Waals surface area contributed by atoms with E-state index >= 15 is 0 Å². The monoisotopic (exact) mass is 324 g/mol. The molecule has 112 valence electrons. The van der Waals surface area contributed by atoms with Gasteiger partial charge in [0.15, 0.2) is 0 Å². The molecule has 0 bridgehead atoms. The molecule has 0 aliphatic rings. The molecule has 7 heteroatoms. The lowest BCUT2D eigenvalue weighted by atomic mass is 10.2. The number of nitrogens with two attached hydrogens (primary N) is 1. The lowest BCUT2D eigenvalue weighted by Gasteiger charge is -2.05. The zero-order chi connectivity index (χ0) is 15.6. The summed E-state index contributed by atoms with van der Waals surface area (Å²) in [4.78, 5) is 13.8. The summed E-state index contributed by atoms with van der Waals surface area (Å²) >= 11 is 1.44. The molecular formula is C14H16N2O3S2. The van der Waals surface area contributed by atoms with Crippen molar-refractivity contribution in [1.82, 2.24) is 0 Å². The van der Waals surface area contributed by atoms with Crippen molar-refractivity contribution in [2.24, 2.45) is 5.14 Å². The number of rotatable bonds is 4. The average molecular weight is 324 g/mol. The molecule has 21 heavy (non-hydrogen) atoms. The third-order valence-electron chi connectivity index (χ3n) is 2.97. The number of primary sulfonamides is 1. The fourth-order valence-electron chi connectivity index (χ4n) is 1.79. The van der Waals surface area contributed by atoms with Gasteiger partial charge in [-0.2, -0.15) is 0 Å². The second kappa shape index (κ2) is 5.97. The van der Waals surface area contributed by atoms with Crippen molar-refractivity contribution in [2.75, 3.05) is 5.32 Å². The van der Waals surface area contributed by atoms with Gasteiger partial charge in [0.25, 0.3) is 5.91 Å². The highest BCUT2D eigenvalue weighted by atomic mass is 32.2. The number of hydrogen-bond acceptors (Lipinski definition) is 4. The molecule has 0 fully saturated rings. The Morgan fingerprint density at radius 1 is 1.24 bits per heavy atom. The highest BCUT2D eigenvalue weighted by Crippen LogP contribution is 2.22. The first-order valence-electron chi connectivity index (χ1n) is 6.22. The van der Waals surface area contributed by atoms with E-state index in [9.17, 15) is 13.2 Å². The van der Waals surface area contributed by atoms with E-state index in [1.165, 1.54) is 11.3 Å². The quantitative estimate of drug-likeness (QED) is 0.905. The molecule has 1 heterocycles. The van der Waals surface area contributed by atoms with Gasteiger partial charge in [-0.1, -0.05) is 12.1 Å². The van der Waals surface area contributed by atoms with Gasteiger partial charge in [-0.3, -0.25) is 4.79 Å². The maximum atomic E-state index is 12.1. The van der Waals surface area contributed by atoms with Crippen LogP contribution >= 0.6 is 11.3 Å². The average Bonchev–Trinajstić information content (AvgIpc) is 2.70. The van der Waals surface area contributed by atoms with Gasteiger partial charge in [0.2, 0.25) is 10.0 Å². The number of benzene rings is 1. The minimum Gasteiger partial charge on any atom is -0.321 e. The van der Waals surface area contributed by atoms with Crippen LogP contribution in [0.5, 0.6) is 0 Å². The Labute approximate surface area is 127 Å². The van der Waals surface area contributed by atoms with Gasteiger partial charge in [0, 0.05) is 10.6 Å². The van der Waals surface area contributed by atoms with Crippen molar-refractivity contribution in [1.29, 1.82) is 0 Å². The molecule has 0 aliphatic carbocycles. The number of hydrogen-bond donors (Lipinski definition) is 2. The maximum Gasteiger partial charge on any atom is 0.265 e. The smallest absolute Gasteiger partial charge is 0.265 e. The number of anilines is 1. The Morgan fingerprint density at radius 2 is 1.86 bits per heavy atom. The Balaban J connectivity index is 2.08. The zero-order valence-corrected chi connectivity index (χ0v) is 13.3. The second-order valence-electron chi connectivity index (χ2n) is 4.81. The largest absolute Gasteiger partial charge is 0.321 e. The molecule has 1 aromatic heterocycles. The van der Waals surface area contributed by atoms with Gasteiger partial charge in [-0.05, 0) is 43.2 Å². The number of aryl methyl sites for hydroxylation is 2. The number of sulfonamides is 1. The standard InChI is InChI=1S/C14H16N2O3S2/c1-9-7-13(20-10(9)2)14(17)16-12-5-3-11(4-6-12)8-21(15,18)19/h3-7H,8H2,1-2H3,(H,16,17)(H2,15,18,19). The SMILES string of the molecule is Cc1cc(C(=O)Nc2ccc(CS(N)(=O)=O)cc2)sc1C. The zero-order valence-electron chi connectivity index (χ0n) is 11.7. The molecular weight excluding hydrogens is 308 g/mol. The summed E-state index contributed by atoms with van der Waals surface area (Å²) < 4.78 is 22.0. The third kappa shape index (κ3) is 4.38. The summed E-state index contributed by atoms with van der Waals surface area (Å²) in [6, 6.07) is 8.43. The van der Waals surface area contributed by atoms with Crippen LogP contribution in [-0.4, -0.2) is 14.3 Å². The van der Waals surface area contributed by atoms with Crippen molar-refractivity contribution >= 4 is 33.0 Å². The molecule has 1 amide bonds. The van der Waals surface area contributed by atoms with E-state index < -0.39 is 10.0 Å². The fourth-order valence-corrected chi connectivity index (χ4v) is 3.38. The van der Waals surface area contributed by atoms with Crippen LogP contribution < -0.4 is 10.5 Å². The Hall–Kier alpha value is -1.70. The minimum absolute atomic E-state index is 0.171. The second-order valence-corrected chi connectivity index (χ2v) is 7.68. The number of nitrogens with one attached hydrogen (secondary N) is 1. The van der Waals surface area contributed by atoms with Crippen LogP contribution in [0.25, 0.3) is 0 Å². The number of carbonyl (C=O) groups excluding carboxylic acids is 1. The van der Waals surface area contributed by atoms with Crippen LogP contribution in [0.4, 0.5) is 5.69 Å². The molecule has 3 N–H and O–H groups in total. The van der Waals surface area contributed by atoms with Crippen molar-refractivity contribution in [2.45, 2.75) is 19.6 Å². The van der Waals surface area contributed by atoms with Crippen LogP contribution in [-0.2, 0) is 15.8 Å². The lowest BCUT2D eigenvalue weighted by Crippen LogP contribution is -2.14. The summed E-state index contributed by atoms with van der Waals surface area (Å²) in [7, 11) is -3.54. The minimum atomic E-state index is -3.54. The molecule has 0 saturated carbocycles. The summed E-state index contributed by atoms with van der Waals surface area (Å²) in [6.45, 7) is 3.93. The predicted octanol–water partition coefficient (Wildman–Crippen LogP) is 2.41. The van der Waals surface area contributed by atoms with Crippen LogP contribution in [0.2, 0.25) is 0 Å². The molecule has 0 aliphatic heterocycles. The first-order valence-corrected chi connectivity index (χ1v) is 8.75. The van der Waals surface area contributed by atoms with Gasteiger partial charge in [-0.25, -0.2) is 13.6 Å². The van der Waals surface area contributed by atoms with E-state index in [4.69, 9.17) is 5.14 Å². The van der Waals surface area contributed by atoms with E-state index in [1.54, 1.807) is 24.3 Å². The van der Waals surface area contributed by atoms with Gasteiger partial charge in [0.1, 0.15) is 0 Å². The molecule has 2 rings (SSSR count). The molecule has 0 saturated heterocycles. The highest BCUT2D eigenvalue weighted by molar-refractivity contribution is 7.88. The highest BCUT2D eigenvalue weighted by Gasteiger charge is 2.11. The fraction of sp³-hybridized carbons (Fsp3) is 0.214. The van der Waals surface area contributed by atoms with E-state index in [-0.39, 0.29) is 11.7 Å². The Morgan fingerprint density at radius 3 is 2.33 bits per heavy atom. The van der Waals surface area contributed by atoms with Crippen LogP contribution in [0.1, 0.15) is 25.7 Å². The number of thiophene rings is 1. The van der Waals surface area contributed by atoms with Crippen LogP contribution in [0.15, 0.2) is 30.3 Å². The van der Waals surface area contributed by atoms with Gasteiger partial charge >= 0.3 is 0 Å². The predicted molar refractivity (Wildman–Crippen MR) is 85.0 cm³/mol. The Kier molecular flexibility index (Phi) is 4.46. The normalized spacial score (nSPS) is 11.4. The molecule has 5 nitrogen and oxygen atoms in total. The third-order valence-corrected chi connectivity index (χ3v) is 4.86. The summed E-state index contributed by atoms with van der Waals surface area (Å²) in [5, 5.41) is 7.76. The summed E-state index contributed by atoms with van der Waals surface area (Å²) in [5.41, 5.74) is 2.29. The van der Waals surface area contributed by atoms with Crippen molar-refractivity contribution in [3.63, 3.8) is 0 Å². The van der Waals surface area contributed by atoms with E-state index in [2.05, 4.69) is 5.32 Å². The van der Waals surface area contributed by atoms with E-state index in [0.717, 1.165) is 10.4 Å². The van der Waals surface area contributed by atoms with Gasteiger partial charge < -0.3 is 5.32 Å². The van der Waals surface area contributed by atoms with Gasteiger partial charge in [0.05, 0.1) is 10.6 Å². The van der Waals surface area contributed by atoms with Crippen molar-refractivity contribution in [3.05, 3.63) is 51.2 Å². The van der Waals surface area contributed by atoms with Crippen LogP contribution in [0, 0.1) is 13.8 Å². The number of carbonyl (C=O) groups is 1. The molecule has 0 radical (unpaired) electrons. The van der Waals surface area contributed by atoms with Gasteiger partial charge in [-0.15, -0.1) is 11.3 Å². The number of amides is 1. The van der Waals surface area contributed by atoms with E-state index in [0.29, 0.717) is 16.1 Å². The van der Waals surface area contributed by atoms with Crippen LogP contribution in [0.3, 0.4) is 0 Å². The molecule has 0 spiro atoms. The molecule has 1 aromatic carbocycles. The van der Waals surface area contributed by atoms with E-state index in [1.807, 2.05) is 19.9 Å². The summed E-state index contributed by atoms with van der Waals surface area (Å²) in [5.74, 6) is -0.389. The molecule has 0 unspecified atom stereocenters. The molecule has 2 aromatic rings. The first-order chi connectivity index (χ1) is 9.74. The first kappa shape index (κ1) is 15.7. The van der Waals surface area contributed by atoms with Crippen molar-refractivity contribution < 1.29 is 13.2 Å². The summed E-state index contributed by atoms with van der Waals surface area (Å²) in [6.07, 6.45) is 0. The lowest BCUT2D eigenvalue weighted by molar-refractivity contribution is 0.103. The van der Waals surface area contributed by atoms with Crippen molar-refractivity contribution in [3.8, 4) is 0 Å². The molecule has 0 atom stereocenters. The maximum absolute atomic E-state index is 12.1.